The molecule has 1 heterocycles. The van der Waals surface area contributed by atoms with Crippen molar-refractivity contribution in [3.05, 3.63) is 29.3 Å². The number of nitrogens with one attached hydrogen (secondary N) is 2. The smallest absolute Gasteiger partial charge is 0.405 e. The summed E-state index contributed by atoms with van der Waals surface area (Å²) in [5.74, 6) is 0.822. The summed E-state index contributed by atoms with van der Waals surface area (Å²) in [6, 6.07) is 4.28. The fourth-order valence-electron chi connectivity index (χ4n) is 1.99. The van der Waals surface area contributed by atoms with Crippen molar-refractivity contribution in [3.63, 3.8) is 0 Å². The van der Waals surface area contributed by atoms with Gasteiger partial charge in [0.25, 0.3) is 0 Å². The first-order valence-electron chi connectivity index (χ1n) is 6.22. The Morgan fingerprint density at radius 2 is 2.20 bits per heavy atom. The van der Waals surface area contributed by atoms with Gasteiger partial charge in [0, 0.05) is 6.42 Å². The molecule has 0 radical (unpaired) electrons. The molecule has 20 heavy (non-hydrogen) atoms. The van der Waals surface area contributed by atoms with Crippen molar-refractivity contribution in [2.24, 2.45) is 0 Å². The lowest BCUT2D eigenvalue weighted by Crippen LogP contribution is -2.41. The fourth-order valence-corrected chi connectivity index (χ4v) is 1.99. The normalized spacial score (nSPS) is 15.2. The Kier molecular flexibility index (Phi) is 4.06. The van der Waals surface area contributed by atoms with E-state index in [0.29, 0.717) is 6.61 Å². The number of fused-ring (bicyclic) bond motifs is 1. The number of hydrogen-bond donors (Lipinski definition) is 2. The molecule has 0 bridgehead atoms. The minimum absolute atomic E-state index is 0.380. The van der Waals surface area contributed by atoms with Crippen LogP contribution in [0.25, 0.3) is 0 Å². The van der Waals surface area contributed by atoms with Gasteiger partial charge in [-0.2, -0.15) is 13.2 Å². The molecule has 4 nitrogen and oxygen atoms in total. The molecule has 0 fully saturated rings. The zero-order valence-corrected chi connectivity index (χ0v) is 10.9. The van der Waals surface area contributed by atoms with E-state index in [4.69, 9.17) is 4.74 Å². The van der Waals surface area contributed by atoms with E-state index in [1.165, 1.54) is 0 Å². The van der Waals surface area contributed by atoms with Crippen LogP contribution >= 0.6 is 0 Å². The highest BCUT2D eigenvalue weighted by Crippen LogP contribution is 2.28. The number of hydrogen-bond acceptors (Lipinski definition) is 2. The summed E-state index contributed by atoms with van der Waals surface area (Å²) in [6.07, 6.45) is -3.61. The van der Waals surface area contributed by atoms with Crippen molar-refractivity contribution in [1.82, 2.24) is 10.6 Å². The van der Waals surface area contributed by atoms with Gasteiger partial charge in [0.15, 0.2) is 0 Å². The predicted molar refractivity (Wildman–Crippen MR) is 66.6 cm³/mol. The number of ether oxygens (including phenoxy) is 1. The highest BCUT2D eigenvalue weighted by molar-refractivity contribution is 5.74. The van der Waals surface area contributed by atoms with Crippen LogP contribution in [0.4, 0.5) is 18.0 Å². The number of halogens is 3. The highest BCUT2D eigenvalue weighted by atomic mass is 19.4. The molecule has 1 atom stereocenters. The zero-order chi connectivity index (χ0) is 14.8. The second-order valence-corrected chi connectivity index (χ2v) is 4.63. The number of amides is 2. The molecule has 110 valence electrons. The largest absolute Gasteiger partial charge is 0.493 e. The predicted octanol–water partition coefficient (Wildman–Crippen LogP) is 2.54. The molecular weight excluding hydrogens is 273 g/mol. The number of carbonyl (C=O) groups is 1. The van der Waals surface area contributed by atoms with Gasteiger partial charge in [0.1, 0.15) is 12.3 Å². The van der Waals surface area contributed by atoms with Gasteiger partial charge in [0.2, 0.25) is 0 Å². The molecule has 0 spiro atoms. The van der Waals surface area contributed by atoms with E-state index < -0.39 is 18.8 Å². The van der Waals surface area contributed by atoms with Gasteiger partial charge in [-0.1, -0.05) is 6.07 Å². The second kappa shape index (κ2) is 5.60. The number of alkyl halides is 3. The molecule has 0 aliphatic carbocycles. The number of urea groups is 1. The molecule has 2 N–H and O–H groups in total. The lowest BCUT2D eigenvalue weighted by Gasteiger charge is -2.16. The third-order valence-electron chi connectivity index (χ3n) is 3.01. The van der Waals surface area contributed by atoms with E-state index in [0.717, 1.165) is 23.3 Å². The van der Waals surface area contributed by atoms with Gasteiger partial charge in [0.05, 0.1) is 12.6 Å². The summed E-state index contributed by atoms with van der Waals surface area (Å²) in [4.78, 5) is 11.4. The number of benzene rings is 1. The Morgan fingerprint density at radius 1 is 1.45 bits per heavy atom. The first-order chi connectivity index (χ1) is 9.35. The standard InChI is InChI=1S/C13H15F3N2O2/c1-8(18-12(19)17-7-13(14,15)16)9-2-3-11-10(6-9)4-5-20-11/h2-3,6,8H,4-5,7H2,1H3,(H2,17,18,19). The van der Waals surface area contributed by atoms with Crippen molar-refractivity contribution < 1.29 is 22.7 Å². The topological polar surface area (TPSA) is 50.4 Å². The van der Waals surface area contributed by atoms with Crippen molar-refractivity contribution in [2.75, 3.05) is 13.2 Å². The van der Waals surface area contributed by atoms with E-state index in [1.807, 2.05) is 12.1 Å². The molecule has 1 aliphatic rings. The SMILES string of the molecule is CC(NC(=O)NCC(F)(F)F)c1ccc2c(c1)CCO2. The Bertz CT molecular complexity index is 503. The van der Waals surface area contributed by atoms with Crippen LogP contribution in [0.3, 0.4) is 0 Å². The van der Waals surface area contributed by atoms with E-state index in [2.05, 4.69) is 5.32 Å². The maximum Gasteiger partial charge on any atom is 0.405 e. The molecule has 2 amide bonds. The molecule has 1 aromatic carbocycles. The van der Waals surface area contributed by atoms with Crippen molar-refractivity contribution in [2.45, 2.75) is 25.6 Å². The van der Waals surface area contributed by atoms with Crippen molar-refractivity contribution >= 4 is 6.03 Å². The van der Waals surface area contributed by atoms with Crippen LogP contribution < -0.4 is 15.4 Å². The van der Waals surface area contributed by atoms with Crippen LogP contribution in [-0.4, -0.2) is 25.4 Å². The third-order valence-corrected chi connectivity index (χ3v) is 3.01. The van der Waals surface area contributed by atoms with Gasteiger partial charge in [-0.15, -0.1) is 0 Å². The molecule has 1 unspecified atom stereocenters. The minimum Gasteiger partial charge on any atom is -0.493 e. The van der Waals surface area contributed by atoms with Crippen LogP contribution in [0, 0.1) is 0 Å². The van der Waals surface area contributed by atoms with Crippen molar-refractivity contribution in [3.8, 4) is 5.75 Å². The lowest BCUT2D eigenvalue weighted by atomic mass is 10.0. The van der Waals surface area contributed by atoms with Crippen LogP contribution in [0.5, 0.6) is 5.75 Å². The molecule has 0 saturated heterocycles. The summed E-state index contributed by atoms with van der Waals surface area (Å²) in [5.41, 5.74) is 1.88. The molecule has 7 heteroatoms. The average Bonchev–Trinajstić information content (AvgIpc) is 2.82. The van der Waals surface area contributed by atoms with Crippen LogP contribution in [0.15, 0.2) is 18.2 Å². The van der Waals surface area contributed by atoms with E-state index in [-0.39, 0.29) is 6.04 Å². The molecule has 0 saturated carbocycles. The van der Waals surface area contributed by atoms with Gasteiger partial charge in [-0.05, 0) is 30.2 Å². The summed E-state index contributed by atoms with van der Waals surface area (Å²) < 4.78 is 41.3. The average molecular weight is 288 g/mol. The zero-order valence-electron chi connectivity index (χ0n) is 10.9. The summed E-state index contributed by atoms with van der Waals surface area (Å²) in [7, 11) is 0. The van der Waals surface area contributed by atoms with Crippen LogP contribution in [0.1, 0.15) is 24.1 Å². The van der Waals surface area contributed by atoms with Crippen LogP contribution in [0.2, 0.25) is 0 Å². The maximum absolute atomic E-state index is 12.0. The van der Waals surface area contributed by atoms with Gasteiger partial charge >= 0.3 is 12.2 Å². The molecule has 2 rings (SSSR count). The summed E-state index contributed by atoms with van der Waals surface area (Å²) in [5, 5.41) is 4.24. The quantitative estimate of drug-likeness (QED) is 0.898. The Morgan fingerprint density at radius 3 is 2.90 bits per heavy atom. The molecule has 1 aliphatic heterocycles. The molecule has 1 aromatic rings. The third kappa shape index (κ3) is 3.79. The highest BCUT2D eigenvalue weighted by Gasteiger charge is 2.28. The first kappa shape index (κ1) is 14.5. The van der Waals surface area contributed by atoms with E-state index >= 15 is 0 Å². The molecule has 0 aromatic heterocycles. The Hall–Kier alpha value is -1.92. The van der Waals surface area contributed by atoms with E-state index in [9.17, 15) is 18.0 Å². The Labute approximate surface area is 114 Å². The number of carbonyl (C=O) groups excluding carboxylic acids is 1. The maximum atomic E-state index is 12.0. The van der Waals surface area contributed by atoms with Gasteiger partial charge in [-0.3, -0.25) is 0 Å². The lowest BCUT2D eigenvalue weighted by molar-refractivity contribution is -0.122. The monoisotopic (exact) mass is 288 g/mol. The summed E-state index contributed by atoms with van der Waals surface area (Å²) >= 11 is 0. The van der Waals surface area contributed by atoms with Gasteiger partial charge < -0.3 is 15.4 Å². The Balaban J connectivity index is 1.91. The summed E-state index contributed by atoms with van der Waals surface area (Å²) in [6.45, 7) is 1.00. The first-order valence-corrected chi connectivity index (χ1v) is 6.22. The second-order valence-electron chi connectivity index (χ2n) is 4.63. The van der Waals surface area contributed by atoms with Crippen LogP contribution in [-0.2, 0) is 6.42 Å². The van der Waals surface area contributed by atoms with Crippen molar-refractivity contribution in [1.29, 1.82) is 0 Å². The minimum atomic E-state index is -4.41. The molecular formula is C13H15F3N2O2. The van der Waals surface area contributed by atoms with E-state index in [1.54, 1.807) is 18.3 Å². The fraction of sp³-hybridized carbons (Fsp3) is 0.462. The van der Waals surface area contributed by atoms with Gasteiger partial charge in [-0.25, -0.2) is 4.79 Å². The number of rotatable bonds is 3.